The van der Waals surface area contributed by atoms with Crippen LogP contribution in [0.1, 0.15) is 16.8 Å². The second-order valence-corrected chi connectivity index (χ2v) is 6.57. The summed E-state index contributed by atoms with van der Waals surface area (Å²) in [5.74, 6) is 2.07. The number of aromatic nitrogens is 1. The highest BCUT2D eigenvalue weighted by Gasteiger charge is 2.11. The standard InChI is InChI=1S/C23H18N2O2.O2S/c1-16-7-9-20(10-8-16)27-21-12-18-11-19(14-24)25-23(18)22(13-21)26-15-17-5-3-2-4-6-17;1-3-2/h2-13,25H,15H2,1H3;. The molecular formula is C23H18N2O4S. The van der Waals surface area contributed by atoms with Gasteiger partial charge in [-0.15, -0.1) is 0 Å². The molecule has 1 N–H and O–H groups in total. The maximum atomic E-state index is 9.21. The number of rotatable bonds is 5. The average molecular weight is 418 g/mol. The maximum Gasteiger partial charge on any atom is 0.335 e. The molecule has 150 valence electrons. The Morgan fingerprint density at radius 3 is 2.33 bits per heavy atom. The third kappa shape index (κ3) is 5.34. The summed E-state index contributed by atoms with van der Waals surface area (Å²) < 4.78 is 28.6. The summed E-state index contributed by atoms with van der Waals surface area (Å²) in [5, 5.41) is 10.1. The van der Waals surface area contributed by atoms with Crippen LogP contribution in [0.4, 0.5) is 0 Å². The van der Waals surface area contributed by atoms with Gasteiger partial charge in [-0.3, -0.25) is 0 Å². The number of nitrogens with zero attached hydrogens (tertiary/aromatic N) is 1. The second kappa shape index (κ2) is 10.0. The number of aryl methyl sites for hydroxylation is 1. The van der Waals surface area contributed by atoms with E-state index in [0.717, 1.165) is 22.2 Å². The van der Waals surface area contributed by atoms with Crippen molar-refractivity contribution in [1.29, 1.82) is 5.26 Å². The van der Waals surface area contributed by atoms with E-state index in [1.165, 1.54) is 5.56 Å². The summed E-state index contributed by atoms with van der Waals surface area (Å²) in [5.41, 5.74) is 3.53. The van der Waals surface area contributed by atoms with Crippen LogP contribution in [0.3, 0.4) is 0 Å². The maximum absolute atomic E-state index is 9.21. The third-order valence-corrected chi connectivity index (χ3v) is 4.28. The van der Waals surface area contributed by atoms with Crippen molar-refractivity contribution in [2.45, 2.75) is 13.5 Å². The van der Waals surface area contributed by atoms with Gasteiger partial charge in [-0.2, -0.15) is 13.7 Å². The van der Waals surface area contributed by atoms with E-state index in [1.807, 2.05) is 73.7 Å². The molecule has 0 bridgehead atoms. The molecule has 0 saturated carbocycles. The van der Waals surface area contributed by atoms with Gasteiger partial charge in [-0.25, -0.2) is 0 Å². The van der Waals surface area contributed by atoms with Gasteiger partial charge < -0.3 is 14.5 Å². The van der Waals surface area contributed by atoms with Gasteiger partial charge in [0.05, 0.1) is 5.52 Å². The molecule has 1 heterocycles. The molecule has 1 aromatic heterocycles. The first kappa shape index (κ1) is 20.8. The summed E-state index contributed by atoms with van der Waals surface area (Å²) in [4.78, 5) is 3.11. The van der Waals surface area contributed by atoms with Crippen molar-refractivity contribution >= 4 is 22.5 Å². The van der Waals surface area contributed by atoms with Crippen LogP contribution < -0.4 is 9.47 Å². The molecule has 4 rings (SSSR count). The van der Waals surface area contributed by atoms with Crippen LogP contribution >= 0.6 is 0 Å². The van der Waals surface area contributed by atoms with E-state index < -0.39 is 11.6 Å². The molecule has 7 heteroatoms. The lowest BCUT2D eigenvalue weighted by Gasteiger charge is -2.11. The van der Waals surface area contributed by atoms with Crippen molar-refractivity contribution in [3.63, 3.8) is 0 Å². The van der Waals surface area contributed by atoms with Crippen molar-refractivity contribution in [1.82, 2.24) is 4.98 Å². The zero-order valence-electron chi connectivity index (χ0n) is 16.1. The predicted molar refractivity (Wildman–Crippen MR) is 114 cm³/mol. The van der Waals surface area contributed by atoms with E-state index in [1.54, 1.807) is 6.07 Å². The number of fused-ring (bicyclic) bond motifs is 1. The quantitative estimate of drug-likeness (QED) is 0.490. The van der Waals surface area contributed by atoms with Gasteiger partial charge in [0.25, 0.3) is 0 Å². The highest BCUT2D eigenvalue weighted by Crippen LogP contribution is 2.34. The molecule has 0 aliphatic heterocycles. The molecule has 4 aromatic rings. The van der Waals surface area contributed by atoms with Crippen LogP contribution in [0.25, 0.3) is 10.9 Å². The van der Waals surface area contributed by atoms with Crippen LogP contribution in [0, 0.1) is 18.3 Å². The first-order valence-electron chi connectivity index (χ1n) is 9.03. The molecule has 0 aliphatic rings. The summed E-state index contributed by atoms with van der Waals surface area (Å²) in [6, 6.07) is 25.5. The fraction of sp³-hybridized carbons (Fsp3) is 0.0870. The van der Waals surface area contributed by atoms with Crippen molar-refractivity contribution in [2.75, 3.05) is 0 Å². The van der Waals surface area contributed by atoms with E-state index in [4.69, 9.17) is 17.9 Å². The van der Waals surface area contributed by atoms with Crippen LogP contribution in [-0.2, 0) is 18.2 Å². The largest absolute Gasteiger partial charge is 0.487 e. The summed E-state index contributed by atoms with van der Waals surface area (Å²) in [6.07, 6.45) is 0. The van der Waals surface area contributed by atoms with Crippen molar-refractivity contribution < 1.29 is 17.9 Å². The number of hydrogen-bond acceptors (Lipinski definition) is 5. The Morgan fingerprint density at radius 1 is 0.967 bits per heavy atom. The van der Waals surface area contributed by atoms with Crippen molar-refractivity contribution in [3.8, 4) is 23.3 Å². The SMILES string of the molecule is Cc1ccc(Oc2cc(OCc3ccccc3)c3[nH]c(C#N)cc3c2)cc1.O=S=O. The molecule has 0 radical (unpaired) electrons. The number of H-pyrrole nitrogens is 1. The number of benzene rings is 3. The Bertz CT molecular complexity index is 1210. The Morgan fingerprint density at radius 2 is 1.67 bits per heavy atom. The average Bonchev–Trinajstić information content (AvgIpc) is 3.18. The summed E-state index contributed by atoms with van der Waals surface area (Å²) >= 11 is -0.750. The minimum atomic E-state index is -0.750. The van der Waals surface area contributed by atoms with Gasteiger partial charge in [0.15, 0.2) is 0 Å². The fourth-order valence-electron chi connectivity index (χ4n) is 2.90. The Hall–Kier alpha value is -3.89. The normalized spacial score (nSPS) is 9.87. The smallest absolute Gasteiger partial charge is 0.335 e. The topological polar surface area (TPSA) is 92.2 Å². The van der Waals surface area contributed by atoms with E-state index in [9.17, 15) is 5.26 Å². The lowest BCUT2D eigenvalue weighted by molar-refractivity contribution is 0.308. The Kier molecular flexibility index (Phi) is 6.98. The number of nitriles is 1. The van der Waals surface area contributed by atoms with E-state index in [2.05, 4.69) is 11.1 Å². The van der Waals surface area contributed by atoms with Gasteiger partial charge in [-0.05, 0) is 36.8 Å². The van der Waals surface area contributed by atoms with Crippen molar-refractivity contribution in [2.24, 2.45) is 0 Å². The molecule has 0 fully saturated rings. The molecule has 0 aliphatic carbocycles. The molecule has 6 nitrogen and oxygen atoms in total. The molecular weight excluding hydrogens is 400 g/mol. The monoisotopic (exact) mass is 418 g/mol. The lowest BCUT2D eigenvalue weighted by Crippen LogP contribution is -1.96. The van der Waals surface area contributed by atoms with Crippen molar-refractivity contribution in [3.05, 3.63) is 89.6 Å². The highest BCUT2D eigenvalue weighted by molar-refractivity contribution is 7.51. The van der Waals surface area contributed by atoms with Gasteiger partial charge in [-0.1, -0.05) is 48.0 Å². The van der Waals surface area contributed by atoms with Gasteiger partial charge >= 0.3 is 11.6 Å². The van der Waals surface area contributed by atoms with E-state index >= 15 is 0 Å². The van der Waals surface area contributed by atoms with Crippen LogP contribution in [-0.4, -0.2) is 13.4 Å². The minimum absolute atomic E-state index is 0.435. The van der Waals surface area contributed by atoms with Gasteiger partial charge in [0.1, 0.15) is 35.6 Å². The van der Waals surface area contributed by atoms with E-state index in [-0.39, 0.29) is 0 Å². The molecule has 3 aromatic carbocycles. The number of aromatic amines is 1. The Labute approximate surface area is 177 Å². The number of ether oxygens (including phenoxy) is 2. The van der Waals surface area contributed by atoms with Gasteiger partial charge in [0.2, 0.25) is 0 Å². The lowest BCUT2D eigenvalue weighted by atomic mass is 10.2. The van der Waals surface area contributed by atoms with Crippen LogP contribution in [0.2, 0.25) is 0 Å². The van der Waals surface area contributed by atoms with Crippen LogP contribution in [0.15, 0.2) is 72.8 Å². The van der Waals surface area contributed by atoms with Gasteiger partial charge in [0, 0.05) is 11.5 Å². The molecule has 0 spiro atoms. The molecule has 30 heavy (non-hydrogen) atoms. The summed E-state index contributed by atoms with van der Waals surface area (Å²) in [6.45, 7) is 2.47. The molecule has 0 atom stereocenters. The first-order valence-corrected chi connectivity index (χ1v) is 9.69. The third-order valence-electron chi connectivity index (χ3n) is 4.28. The summed E-state index contributed by atoms with van der Waals surface area (Å²) in [7, 11) is 0. The second-order valence-electron chi connectivity index (χ2n) is 6.44. The Balaban J connectivity index is 0.000000806. The zero-order chi connectivity index (χ0) is 21.3. The minimum Gasteiger partial charge on any atom is -0.487 e. The highest BCUT2D eigenvalue weighted by atomic mass is 32.1. The molecule has 0 unspecified atom stereocenters. The zero-order valence-corrected chi connectivity index (χ0v) is 16.9. The van der Waals surface area contributed by atoms with Crippen LogP contribution in [0.5, 0.6) is 17.2 Å². The fourth-order valence-corrected chi connectivity index (χ4v) is 2.90. The predicted octanol–water partition coefficient (Wildman–Crippen LogP) is 5.05. The molecule has 0 saturated heterocycles. The van der Waals surface area contributed by atoms with E-state index in [0.29, 0.717) is 23.8 Å². The molecule has 0 amide bonds. The first-order chi connectivity index (χ1) is 14.6. The number of hydrogen-bond donors (Lipinski definition) is 1. The number of nitrogens with one attached hydrogen (secondary N) is 1.